The smallest absolute Gasteiger partial charge is 0.141 e. The van der Waals surface area contributed by atoms with Crippen LogP contribution in [0.15, 0.2) is 40.9 Å². The minimum absolute atomic E-state index is 0.000421. The molecule has 0 aliphatic carbocycles. The third kappa shape index (κ3) is 3.65. The number of rotatable bonds is 2. The molecule has 2 aromatic rings. The van der Waals surface area contributed by atoms with Crippen LogP contribution < -0.4 is 4.74 Å². The van der Waals surface area contributed by atoms with E-state index in [1.54, 1.807) is 12.1 Å². The van der Waals surface area contributed by atoms with Crippen molar-refractivity contribution < 1.29 is 4.74 Å². The maximum absolute atomic E-state index is 8.91. The Morgan fingerprint density at radius 1 is 1.05 bits per heavy atom. The minimum atomic E-state index is 0.000421. The van der Waals surface area contributed by atoms with Crippen LogP contribution in [0.1, 0.15) is 37.5 Å². The fraction of sp³-hybridized carbons (Fsp3) is 0.278. The molecule has 2 nitrogen and oxygen atoms in total. The Labute approximate surface area is 134 Å². The number of aryl methyl sites for hydroxylation is 1. The summed E-state index contributed by atoms with van der Waals surface area (Å²) in [5.41, 5.74) is 2.99. The molecule has 0 atom stereocenters. The summed E-state index contributed by atoms with van der Waals surface area (Å²) >= 11 is 3.46. The number of nitrogens with zero attached hydrogens (tertiary/aromatic N) is 1. The molecule has 0 heterocycles. The second kappa shape index (κ2) is 5.91. The first-order valence-electron chi connectivity index (χ1n) is 6.80. The quantitative estimate of drug-likeness (QED) is 0.698. The monoisotopic (exact) mass is 343 g/mol. The largest absolute Gasteiger partial charge is 0.456 e. The van der Waals surface area contributed by atoms with E-state index >= 15 is 0 Å². The molecular formula is C18H18BrNO. The molecule has 0 aliphatic rings. The number of halogens is 1. The summed E-state index contributed by atoms with van der Waals surface area (Å²) in [5, 5.41) is 8.91. The predicted octanol–water partition coefficient (Wildman–Crippen LogP) is 5.72. The van der Waals surface area contributed by atoms with Crippen molar-refractivity contribution in [3.05, 3.63) is 57.6 Å². The van der Waals surface area contributed by atoms with Gasteiger partial charge in [-0.15, -0.1) is 0 Å². The van der Waals surface area contributed by atoms with Crippen molar-refractivity contribution in [2.24, 2.45) is 0 Å². The van der Waals surface area contributed by atoms with E-state index in [0.717, 1.165) is 10.2 Å². The van der Waals surface area contributed by atoms with Crippen molar-refractivity contribution in [3.8, 4) is 17.6 Å². The van der Waals surface area contributed by atoms with E-state index < -0.39 is 0 Å². The number of nitriles is 1. The number of benzene rings is 2. The molecule has 0 aromatic heterocycles. The second-order valence-electron chi connectivity index (χ2n) is 6.11. The second-order valence-corrected chi connectivity index (χ2v) is 6.96. The zero-order chi connectivity index (χ0) is 15.6. The van der Waals surface area contributed by atoms with Gasteiger partial charge >= 0.3 is 0 Å². The standard InChI is InChI=1S/C18H18BrNO/c1-12-5-7-16(14(9-12)18(2,3)4)21-17-8-6-13(11-20)10-15(17)19/h5-10H,1-4H3. The summed E-state index contributed by atoms with van der Waals surface area (Å²) in [4.78, 5) is 0. The third-order valence-corrected chi connectivity index (χ3v) is 3.84. The molecule has 0 amide bonds. The first-order valence-corrected chi connectivity index (χ1v) is 7.59. The first kappa shape index (κ1) is 15.6. The molecule has 2 rings (SSSR count). The molecule has 21 heavy (non-hydrogen) atoms. The number of hydrogen-bond donors (Lipinski definition) is 0. The first-order chi connectivity index (χ1) is 9.81. The van der Waals surface area contributed by atoms with Gasteiger partial charge in [0.1, 0.15) is 11.5 Å². The number of ether oxygens (including phenoxy) is 1. The van der Waals surface area contributed by atoms with Gasteiger partial charge in [-0.3, -0.25) is 0 Å². The highest BCUT2D eigenvalue weighted by Gasteiger charge is 2.20. The van der Waals surface area contributed by atoms with Crippen LogP contribution in [0.5, 0.6) is 11.5 Å². The maximum Gasteiger partial charge on any atom is 0.141 e. The molecule has 0 aliphatic heterocycles. The van der Waals surface area contributed by atoms with E-state index in [1.165, 1.54) is 11.1 Å². The van der Waals surface area contributed by atoms with Crippen molar-refractivity contribution in [2.75, 3.05) is 0 Å². The average molecular weight is 344 g/mol. The summed E-state index contributed by atoms with van der Waals surface area (Å²) in [5.74, 6) is 1.56. The van der Waals surface area contributed by atoms with E-state index in [1.807, 2.05) is 18.2 Å². The van der Waals surface area contributed by atoms with Crippen LogP contribution in [0.4, 0.5) is 0 Å². The van der Waals surface area contributed by atoms with Crippen molar-refractivity contribution in [3.63, 3.8) is 0 Å². The van der Waals surface area contributed by atoms with Crippen LogP contribution >= 0.6 is 15.9 Å². The van der Waals surface area contributed by atoms with Gasteiger partial charge in [0.2, 0.25) is 0 Å². The fourth-order valence-electron chi connectivity index (χ4n) is 2.09. The van der Waals surface area contributed by atoms with E-state index in [9.17, 15) is 0 Å². The maximum atomic E-state index is 8.91. The normalized spacial score (nSPS) is 11.0. The van der Waals surface area contributed by atoms with E-state index in [-0.39, 0.29) is 5.41 Å². The summed E-state index contributed by atoms with van der Waals surface area (Å²) in [6.07, 6.45) is 0. The molecule has 3 heteroatoms. The zero-order valence-corrected chi connectivity index (χ0v) is 14.3. The highest BCUT2D eigenvalue weighted by Crippen LogP contribution is 2.37. The average Bonchev–Trinajstić information content (AvgIpc) is 2.41. The van der Waals surface area contributed by atoms with E-state index in [2.05, 4.69) is 55.8 Å². The molecule has 0 spiro atoms. The lowest BCUT2D eigenvalue weighted by molar-refractivity contribution is 0.452. The molecule has 0 saturated carbocycles. The van der Waals surface area contributed by atoms with Gasteiger partial charge in [-0.05, 0) is 52.5 Å². The highest BCUT2D eigenvalue weighted by atomic mass is 79.9. The SMILES string of the molecule is Cc1ccc(Oc2ccc(C#N)cc2Br)c(C(C)(C)C)c1. The molecule has 0 radical (unpaired) electrons. The van der Waals surface area contributed by atoms with Crippen molar-refractivity contribution in [1.82, 2.24) is 0 Å². The van der Waals surface area contributed by atoms with Gasteiger partial charge in [0.05, 0.1) is 16.1 Å². The summed E-state index contributed by atoms with van der Waals surface area (Å²) in [6.45, 7) is 8.59. The molecule has 0 fully saturated rings. The third-order valence-electron chi connectivity index (χ3n) is 3.22. The summed E-state index contributed by atoms with van der Waals surface area (Å²) < 4.78 is 6.84. The van der Waals surface area contributed by atoms with Crippen molar-refractivity contribution in [1.29, 1.82) is 5.26 Å². The molecular weight excluding hydrogens is 326 g/mol. The van der Waals surface area contributed by atoms with Gasteiger partial charge in [-0.1, -0.05) is 38.5 Å². The van der Waals surface area contributed by atoms with Crippen LogP contribution in [0, 0.1) is 18.3 Å². The Bertz CT molecular complexity index is 708. The van der Waals surface area contributed by atoms with Gasteiger partial charge in [-0.25, -0.2) is 0 Å². The van der Waals surface area contributed by atoms with Crippen LogP contribution in [-0.4, -0.2) is 0 Å². The molecule has 0 bridgehead atoms. The van der Waals surface area contributed by atoms with E-state index in [4.69, 9.17) is 10.00 Å². The lowest BCUT2D eigenvalue weighted by Crippen LogP contribution is -2.12. The molecule has 2 aromatic carbocycles. The molecule has 0 N–H and O–H groups in total. The summed E-state index contributed by atoms with van der Waals surface area (Å²) in [7, 11) is 0. The Balaban J connectivity index is 2.43. The van der Waals surface area contributed by atoms with E-state index in [0.29, 0.717) is 11.3 Å². The topological polar surface area (TPSA) is 33.0 Å². The lowest BCUT2D eigenvalue weighted by Gasteiger charge is -2.23. The van der Waals surface area contributed by atoms with Gasteiger partial charge in [0.25, 0.3) is 0 Å². The Morgan fingerprint density at radius 2 is 1.71 bits per heavy atom. The highest BCUT2D eigenvalue weighted by molar-refractivity contribution is 9.10. The Kier molecular flexibility index (Phi) is 4.39. The van der Waals surface area contributed by atoms with Gasteiger partial charge in [0, 0.05) is 5.56 Å². The van der Waals surface area contributed by atoms with Gasteiger partial charge in [-0.2, -0.15) is 5.26 Å². The van der Waals surface area contributed by atoms with Crippen LogP contribution in [0.3, 0.4) is 0 Å². The van der Waals surface area contributed by atoms with Crippen LogP contribution in [0.25, 0.3) is 0 Å². The molecule has 0 saturated heterocycles. The summed E-state index contributed by atoms with van der Waals surface area (Å²) in [6, 6.07) is 13.7. The van der Waals surface area contributed by atoms with Gasteiger partial charge < -0.3 is 4.74 Å². The van der Waals surface area contributed by atoms with Crippen molar-refractivity contribution >= 4 is 15.9 Å². The minimum Gasteiger partial charge on any atom is -0.456 e. The molecule has 108 valence electrons. The fourth-order valence-corrected chi connectivity index (χ4v) is 2.55. The predicted molar refractivity (Wildman–Crippen MR) is 88.8 cm³/mol. The van der Waals surface area contributed by atoms with Crippen molar-refractivity contribution in [2.45, 2.75) is 33.1 Å². The van der Waals surface area contributed by atoms with Crippen LogP contribution in [-0.2, 0) is 5.41 Å². The Hall–Kier alpha value is -1.79. The molecule has 0 unspecified atom stereocenters. The zero-order valence-electron chi connectivity index (χ0n) is 12.7. The number of hydrogen-bond acceptors (Lipinski definition) is 2. The van der Waals surface area contributed by atoms with Crippen LogP contribution in [0.2, 0.25) is 0 Å². The van der Waals surface area contributed by atoms with Gasteiger partial charge in [0.15, 0.2) is 0 Å². The lowest BCUT2D eigenvalue weighted by atomic mass is 9.85. The Morgan fingerprint density at radius 3 is 2.29 bits per heavy atom.